The number of ether oxygens (including phenoxy) is 4. The van der Waals surface area contributed by atoms with Crippen LogP contribution in [-0.4, -0.2) is 59.1 Å². The zero-order valence-corrected chi connectivity index (χ0v) is 15.4. The van der Waals surface area contributed by atoms with E-state index in [9.17, 15) is 4.79 Å². The number of unbranched alkanes of at least 4 members (excludes halogenated alkanes) is 2. The number of Topliss-reactive ketones (excluding diaryl/α,β-unsaturated/α-hetero) is 1. The second kappa shape index (κ2) is 14.7. The molecule has 1 aromatic carbocycles. The molecule has 0 heterocycles. The van der Waals surface area contributed by atoms with E-state index in [0.717, 1.165) is 43.9 Å². The fraction of sp³-hybridized carbons (Fsp3) is 0.632. The first-order valence-electron chi connectivity index (χ1n) is 8.85. The SMILES string of the molecule is CNc1ccc(OCCCCCOCCOCCOCC(C)=O)cc1. The number of ketones is 1. The Morgan fingerprint density at radius 1 is 0.840 bits per heavy atom. The Kier molecular flexibility index (Phi) is 12.6. The highest BCUT2D eigenvalue weighted by Crippen LogP contribution is 2.15. The molecule has 0 aromatic heterocycles. The molecular weight excluding hydrogens is 322 g/mol. The Hall–Kier alpha value is -1.63. The van der Waals surface area contributed by atoms with Gasteiger partial charge in [-0.25, -0.2) is 0 Å². The Morgan fingerprint density at radius 2 is 1.44 bits per heavy atom. The lowest BCUT2D eigenvalue weighted by Crippen LogP contribution is -2.12. The maximum absolute atomic E-state index is 10.6. The van der Waals surface area contributed by atoms with Crippen LogP contribution in [0.3, 0.4) is 0 Å². The van der Waals surface area contributed by atoms with Gasteiger partial charge in [-0.15, -0.1) is 0 Å². The number of benzene rings is 1. The average molecular weight is 353 g/mol. The Morgan fingerprint density at radius 3 is 2.08 bits per heavy atom. The molecule has 0 saturated carbocycles. The maximum Gasteiger partial charge on any atom is 0.155 e. The number of nitrogens with one attached hydrogen (secondary N) is 1. The Bertz CT molecular complexity index is 450. The number of hydrogen-bond donors (Lipinski definition) is 1. The van der Waals surface area contributed by atoms with E-state index in [2.05, 4.69) is 5.32 Å². The summed E-state index contributed by atoms with van der Waals surface area (Å²) in [6.45, 7) is 5.19. The number of carbonyl (C=O) groups excluding carboxylic acids is 1. The van der Waals surface area contributed by atoms with Crippen molar-refractivity contribution >= 4 is 11.5 Å². The summed E-state index contributed by atoms with van der Waals surface area (Å²) < 4.78 is 21.6. The molecule has 0 radical (unpaired) electrons. The van der Waals surface area contributed by atoms with Gasteiger partial charge in [0.15, 0.2) is 5.78 Å². The van der Waals surface area contributed by atoms with Crippen molar-refractivity contribution in [3.8, 4) is 5.75 Å². The van der Waals surface area contributed by atoms with E-state index in [4.69, 9.17) is 18.9 Å². The molecule has 0 aliphatic heterocycles. The molecule has 6 heteroatoms. The van der Waals surface area contributed by atoms with Gasteiger partial charge in [0.2, 0.25) is 0 Å². The summed E-state index contributed by atoms with van der Waals surface area (Å²) in [5.74, 6) is 0.931. The van der Waals surface area contributed by atoms with E-state index in [1.54, 1.807) is 0 Å². The summed E-state index contributed by atoms with van der Waals surface area (Å²) >= 11 is 0. The van der Waals surface area contributed by atoms with Crippen molar-refractivity contribution in [3.05, 3.63) is 24.3 Å². The molecule has 1 rings (SSSR count). The van der Waals surface area contributed by atoms with Crippen molar-refractivity contribution in [2.24, 2.45) is 0 Å². The van der Waals surface area contributed by atoms with Crippen LogP contribution in [0.5, 0.6) is 5.75 Å². The largest absolute Gasteiger partial charge is 0.494 e. The highest BCUT2D eigenvalue weighted by atomic mass is 16.5. The van der Waals surface area contributed by atoms with Crippen molar-refractivity contribution in [2.45, 2.75) is 26.2 Å². The van der Waals surface area contributed by atoms with Gasteiger partial charge in [0, 0.05) is 19.3 Å². The van der Waals surface area contributed by atoms with E-state index < -0.39 is 0 Å². The summed E-state index contributed by atoms with van der Waals surface area (Å²) in [4.78, 5) is 10.6. The molecule has 0 spiro atoms. The minimum absolute atomic E-state index is 0.0282. The van der Waals surface area contributed by atoms with Crippen LogP contribution in [0.1, 0.15) is 26.2 Å². The van der Waals surface area contributed by atoms with Gasteiger partial charge in [0.05, 0.1) is 33.0 Å². The lowest BCUT2D eigenvalue weighted by atomic mass is 10.2. The summed E-state index contributed by atoms with van der Waals surface area (Å²) in [6.07, 6.45) is 3.11. The van der Waals surface area contributed by atoms with Crippen LogP contribution in [0.2, 0.25) is 0 Å². The highest BCUT2D eigenvalue weighted by Gasteiger charge is 1.96. The summed E-state index contributed by atoms with van der Waals surface area (Å²) in [5, 5.41) is 3.08. The number of rotatable bonds is 16. The summed E-state index contributed by atoms with van der Waals surface area (Å²) in [6, 6.07) is 7.95. The van der Waals surface area contributed by atoms with Gasteiger partial charge < -0.3 is 24.3 Å². The zero-order chi connectivity index (χ0) is 18.2. The standard InChI is InChI=1S/C19H31NO5/c1-17(21)16-24-15-14-23-13-12-22-10-4-3-5-11-25-19-8-6-18(20-2)7-9-19/h6-9,20H,3-5,10-16H2,1-2H3. The van der Waals surface area contributed by atoms with Crippen LogP contribution in [0.4, 0.5) is 5.69 Å². The van der Waals surface area contributed by atoms with Crippen LogP contribution >= 0.6 is 0 Å². The molecule has 0 bridgehead atoms. The second-order valence-corrected chi connectivity index (χ2v) is 5.66. The van der Waals surface area contributed by atoms with E-state index >= 15 is 0 Å². The molecule has 1 aromatic rings. The lowest BCUT2D eigenvalue weighted by molar-refractivity contribution is -0.122. The van der Waals surface area contributed by atoms with Gasteiger partial charge in [-0.05, 0) is 50.5 Å². The van der Waals surface area contributed by atoms with Crippen molar-refractivity contribution in [1.82, 2.24) is 0 Å². The molecule has 0 aliphatic rings. The van der Waals surface area contributed by atoms with E-state index in [1.165, 1.54) is 6.92 Å². The van der Waals surface area contributed by atoms with Gasteiger partial charge in [-0.3, -0.25) is 4.79 Å². The van der Waals surface area contributed by atoms with Crippen molar-refractivity contribution < 1.29 is 23.7 Å². The van der Waals surface area contributed by atoms with E-state index in [0.29, 0.717) is 26.4 Å². The summed E-state index contributed by atoms with van der Waals surface area (Å²) in [7, 11) is 1.90. The molecular formula is C19H31NO5. The minimum Gasteiger partial charge on any atom is -0.494 e. The molecule has 0 unspecified atom stereocenters. The monoisotopic (exact) mass is 353 g/mol. The minimum atomic E-state index is 0.0282. The molecule has 0 fully saturated rings. The predicted octanol–water partition coefficient (Wildman–Crippen LogP) is 2.92. The molecule has 1 N–H and O–H groups in total. The molecule has 6 nitrogen and oxygen atoms in total. The fourth-order valence-electron chi connectivity index (χ4n) is 2.05. The normalized spacial score (nSPS) is 10.6. The smallest absolute Gasteiger partial charge is 0.155 e. The molecule has 0 saturated heterocycles. The topological polar surface area (TPSA) is 66.0 Å². The molecule has 25 heavy (non-hydrogen) atoms. The first-order chi connectivity index (χ1) is 12.2. The average Bonchev–Trinajstić information content (AvgIpc) is 2.62. The van der Waals surface area contributed by atoms with Gasteiger partial charge in [-0.2, -0.15) is 0 Å². The van der Waals surface area contributed by atoms with E-state index in [1.807, 2.05) is 31.3 Å². The highest BCUT2D eigenvalue weighted by molar-refractivity contribution is 5.76. The number of anilines is 1. The van der Waals surface area contributed by atoms with Crippen LogP contribution in [0, 0.1) is 0 Å². The molecule has 0 aliphatic carbocycles. The summed E-state index contributed by atoms with van der Waals surface area (Å²) in [5.41, 5.74) is 1.08. The van der Waals surface area contributed by atoms with Crippen LogP contribution < -0.4 is 10.1 Å². The van der Waals surface area contributed by atoms with Crippen LogP contribution in [-0.2, 0) is 19.0 Å². The van der Waals surface area contributed by atoms with E-state index in [-0.39, 0.29) is 12.4 Å². The third-order valence-electron chi connectivity index (χ3n) is 3.39. The third kappa shape index (κ3) is 12.4. The lowest BCUT2D eigenvalue weighted by Gasteiger charge is -2.08. The Balaban J connectivity index is 1.80. The molecule has 0 atom stereocenters. The maximum atomic E-state index is 10.6. The van der Waals surface area contributed by atoms with Crippen molar-refractivity contribution in [1.29, 1.82) is 0 Å². The zero-order valence-electron chi connectivity index (χ0n) is 15.4. The van der Waals surface area contributed by atoms with Gasteiger partial charge in [0.25, 0.3) is 0 Å². The number of carbonyl (C=O) groups is 1. The second-order valence-electron chi connectivity index (χ2n) is 5.66. The quantitative estimate of drug-likeness (QED) is 0.461. The van der Waals surface area contributed by atoms with Gasteiger partial charge >= 0.3 is 0 Å². The first kappa shape index (κ1) is 21.4. The molecule has 142 valence electrons. The van der Waals surface area contributed by atoms with Gasteiger partial charge in [0.1, 0.15) is 12.4 Å². The van der Waals surface area contributed by atoms with Crippen molar-refractivity contribution in [3.63, 3.8) is 0 Å². The van der Waals surface area contributed by atoms with Crippen molar-refractivity contribution in [2.75, 3.05) is 58.6 Å². The first-order valence-corrected chi connectivity index (χ1v) is 8.85. The molecule has 0 amide bonds. The third-order valence-corrected chi connectivity index (χ3v) is 3.39. The van der Waals surface area contributed by atoms with Crippen LogP contribution in [0.25, 0.3) is 0 Å². The predicted molar refractivity (Wildman–Crippen MR) is 98.5 cm³/mol. The van der Waals surface area contributed by atoms with Gasteiger partial charge in [-0.1, -0.05) is 0 Å². The number of hydrogen-bond acceptors (Lipinski definition) is 6. The van der Waals surface area contributed by atoms with Crippen LogP contribution in [0.15, 0.2) is 24.3 Å². The Labute approximate surface area is 150 Å². The fourth-order valence-corrected chi connectivity index (χ4v) is 2.05.